The van der Waals surface area contributed by atoms with E-state index in [0.717, 1.165) is 0 Å². The number of likely N-dealkylation sites (N-methyl/N-ethyl adjacent to an activating group) is 1. The minimum atomic E-state index is 0.0276. The maximum atomic E-state index is 11.3. The van der Waals surface area contributed by atoms with E-state index < -0.39 is 0 Å². The molecule has 0 heterocycles. The predicted molar refractivity (Wildman–Crippen MR) is 72.2 cm³/mol. The number of carbonyl (C=O) groups excluding carboxylic acids is 1. The summed E-state index contributed by atoms with van der Waals surface area (Å²) in [7, 11) is 0. The van der Waals surface area contributed by atoms with Gasteiger partial charge in [-0.15, -0.1) is 0 Å². The van der Waals surface area contributed by atoms with Crippen molar-refractivity contribution in [3.63, 3.8) is 0 Å². The number of rotatable bonds is 8. The number of benzene rings is 1. The number of nitrogens with one attached hydrogen (secondary N) is 2. The highest BCUT2D eigenvalue weighted by molar-refractivity contribution is 5.77. The van der Waals surface area contributed by atoms with Gasteiger partial charge in [0.2, 0.25) is 5.91 Å². The zero-order chi connectivity index (χ0) is 13.2. The summed E-state index contributed by atoms with van der Waals surface area (Å²) in [6.45, 7) is 6.92. The second-order valence-electron chi connectivity index (χ2n) is 3.96. The molecule has 0 spiro atoms. The van der Waals surface area contributed by atoms with Crippen LogP contribution in [-0.2, 0) is 22.7 Å². The Balaban J connectivity index is 2.43. The van der Waals surface area contributed by atoms with Crippen molar-refractivity contribution in [2.24, 2.45) is 0 Å². The first-order valence-corrected chi connectivity index (χ1v) is 6.39. The fraction of sp³-hybridized carbons (Fsp3) is 0.500. The van der Waals surface area contributed by atoms with Crippen molar-refractivity contribution < 1.29 is 9.53 Å². The molecule has 1 aromatic carbocycles. The summed E-state index contributed by atoms with van der Waals surface area (Å²) in [4.78, 5) is 11.3. The van der Waals surface area contributed by atoms with Crippen LogP contribution < -0.4 is 10.6 Å². The minimum absolute atomic E-state index is 0.0276. The van der Waals surface area contributed by atoms with Gasteiger partial charge in [0.05, 0.1) is 13.2 Å². The van der Waals surface area contributed by atoms with E-state index in [1.54, 1.807) is 0 Å². The fourth-order valence-electron chi connectivity index (χ4n) is 1.65. The summed E-state index contributed by atoms with van der Waals surface area (Å²) >= 11 is 0. The van der Waals surface area contributed by atoms with Gasteiger partial charge in [-0.25, -0.2) is 0 Å². The molecule has 4 heteroatoms. The van der Waals surface area contributed by atoms with Gasteiger partial charge >= 0.3 is 0 Å². The smallest absolute Gasteiger partial charge is 0.233 e. The molecule has 0 radical (unpaired) electrons. The van der Waals surface area contributed by atoms with Crippen molar-refractivity contribution in [3.05, 3.63) is 35.4 Å². The van der Waals surface area contributed by atoms with Crippen molar-refractivity contribution in [3.8, 4) is 0 Å². The lowest BCUT2D eigenvalue weighted by molar-refractivity contribution is -0.120. The van der Waals surface area contributed by atoms with Gasteiger partial charge < -0.3 is 15.4 Å². The number of ether oxygens (including phenoxy) is 1. The quantitative estimate of drug-likeness (QED) is 0.734. The molecule has 0 unspecified atom stereocenters. The second-order valence-corrected chi connectivity index (χ2v) is 3.96. The van der Waals surface area contributed by atoms with Crippen LogP contribution in [0, 0.1) is 0 Å². The summed E-state index contributed by atoms with van der Waals surface area (Å²) in [6.07, 6.45) is 0. The van der Waals surface area contributed by atoms with Crippen molar-refractivity contribution in [2.75, 3.05) is 19.7 Å². The Labute approximate surface area is 109 Å². The third kappa shape index (κ3) is 5.29. The average molecular weight is 250 g/mol. The lowest BCUT2D eigenvalue weighted by Crippen LogP contribution is -2.33. The fourth-order valence-corrected chi connectivity index (χ4v) is 1.65. The molecule has 4 nitrogen and oxygen atoms in total. The summed E-state index contributed by atoms with van der Waals surface area (Å²) in [5.74, 6) is 0.0276. The Bertz CT molecular complexity index is 367. The van der Waals surface area contributed by atoms with Crippen LogP contribution in [0.15, 0.2) is 24.3 Å². The van der Waals surface area contributed by atoms with Crippen LogP contribution in [0.4, 0.5) is 0 Å². The molecular formula is C14H22N2O2. The van der Waals surface area contributed by atoms with Crippen molar-refractivity contribution in [2.45, 2.75) is 27.0 Å². The molecule has 0 aromatic heterocycles. The van der Waals surface area contributed by atoms with E-state index in [4.69, 9.17) is 4.74 Å². The van der Waals surface area contributed by atoms with Crippen LogP contribution in [0.3, 0.4) is 0 Å². The van der Waals surface area contributed by atoms with Gasteiger partial charge in [-0.1, -0.05) is 24.3 Å². The highest BCUT2D eigenvalue weighted by Gasteiger charge is 2.03. The molecule has 0 saturated carbocycles. The molecule has 18 heavy (non-hydrogen) atoms. The number of hydrogen-bond donors (Lipinski definition) is 2. The minimum Gasteiger partial charge on any atom is -0.377 e. The number of hydrogen-bond acceptors (Lipinski definition) is 3. The molecule has 0 aliphatic heterocycles. The van der Waals surface area contributed by atoms with Crippen molar-refractivity contribution >= 4 is 5.91 Å². The standard InChI is InChI=1S/C14H22N2O2/c1-3-16-14(17)10-15-9-12-7-5-6-8-13(12)11-18-4-2/h5-8,15H,3-4,9-11H2,1-2H3,(H,16,17). The molecule has 1 aromatic rings. The maximum Gasteiger partial charge on any atom is 0.233 e. The molecule has 100 valence electrons. The maximum absolute atomic E-state index is 11.3. The van der Waals surface area contributed by atoms with Crippen molar-refractivity contribution in [1.29, 1.82) is 0 Å². The van der Waals surface area contributed by atoms with Crippen LogP contribution in [0.25, 0.3) is 0 Å². The molecule has 1 rings (SSSR count). The number of carbonyl (C=O) groups is 1. The molecule has 0 bridgehead atoms. The van der Waals surface area contributed by atoms with E-state index >= 15 is 0 Å². The van der Waals surface area contributed by atoms with E-state index in [-0.39, 0.29) is 5.91 Å². The summed E-state index contributed by atoms with van der Waals surface area (Å²) in [5, 5.41) is 5.89. The van der Waals surface area contributed by atoms with Gasteiger partial charge in [0.25, 0.3) is 0 Å². The van der Waals surface area contributed by atoms with Gasteiger partial charge in [0.1, 0.15) is 0 Å². The highest BCUT2D eigenvalue weighted by atomic mass is 16.5. The Morgan fingerprint density at radius 2 is 1.94 bits per heavy atom. The lowest BCUT2D eigenvalue weighted by atomic mass is 10.1. The molecule has 0 saturated heterocycles. The molecule has 0 aliphatic carbocycles. The predicted octanol–water partition coefficient (Wildman–Crippen LogP) is 1.45. The Kier molecular flexibility index (Phi) is 7.06. The van der Waals surface area contributed by atoms with Crippen LogP contribution in [0.2, 0.25) is 0 Å². The molecule has 2 N–H and O–H groups in total. The van der Waals surface area contributed by atoms with Gasteiger partial charge in [-0.2, -0.15) is 0 Å². The summed E-state index contributed by atoms with van der Waals surface area (Å²) < 4.78 is 5.42. The first kappa shape index (κ1) is 14.7. The van der Waals surface area contributed by atoms with Gasteiger partial charge in [-0.05, 0) is 25.0 Å². The van der Waals surface area contributed by atoms with Crippen LogP contribution >= 0.6 is 0 Å². The molecular weight excluding hydrogens is 228 g/mol. The summed E-state index contributed by atoms with van der Waals surface area (Å²) in [5.41, 5.74) is 2.35. The van der Waals surface area contributed by atoms with Crippen LogP contribution in [0.1, 0.15) is 25.0 Å². The van der Waals surface area contributed by atoms with E-state index in [1.807, 2.05) is 26.0 Å². The average Bonchev–Trinajstić information content (AvgIpc) is 2.38. The number of amides is 1. The SMILES string of the molecule is CCNC(=O)CNCc1ccccc1COCC. The Morgan fingerprint density at radius 1 is 1.22 bits per heavy atom. The Morgan fingerprint density at radius 3 is 2.61 bits per heavy atom. The first-order chi connectivity index (χ1) is 8.77. The van der Waals surface area contributed by atoms with Gasteiger partial charge in [0.15, 0.2) is 0 Å². The molecule has 1 amide bonds. The molecule has 0 atom stereocenters. The van der Waals surface area contributed by atoms with Gasteiger partial charge in [-0.3, -0.25) is 4.79 Å². The van der Waals surface area contributed by atoms with E-state index in [2.05, 4.69) is 22.8 Å². The van der Waals surface area contributed by atoms with E-state index in [1.165, 1.54) is 11.1 Å². The van der Waals surface area contributed by atoms with Gasteiger partial charge in [0, 0.05) is 19.7 Å². The largest absolute Gasteiger partial charge is 0.377 e. The van der Waals surface area contributed by atoms with E-state index in [0.29, 0.717) is 32.8 Å². The monoisotopic (exact) mass is 250 g/mol. The summed E-state index contributed by atoms with van der Waals surface area (Å²) in [6, 6.07) is 8.11. The van der Waals surface area contributed by atoms with Crippen molar-refractivity contribution in [1.82, 2.24) is 10.6 Å². The molecule has 0 aliphatic rings. The van der Waals surface area contributed by atoms with Crippen LogP contribution in [0.5, 0.6) is 0 Å². The second kappa shape index (κ2) is 8.66. The normalized spacial score (nSPS) is 10.3. The molecule has 0 fully saturated rings. The van der Waals surface area contributed by atoms with E-state index in [9.17, 15) is 4.79 Å². The first-order valence-electron chi connectivity index (χ1n) is 6.39. The zero-order valence-corrected chi connectivity index (χ0v) is 11.2. The topological polar surface area (TPSA) is 50.4 Å². The Hall–Kier alpha value is -1.39. The third-order valence-corrected chi connectivity index (χ3v) is 2.56. The zero-order valence-electron chi connectivity index (χ0n) is 11.2. The highest BCUT2D eigenvalue weighted by Crippen LogP contribution is 2.09. The third-order valence-electron chi connectivity index (χ3n) is 2.56. The lowest BCUT2D eigenvalue weighted by Gasteiger charge is -2.10. The van der Waals surface area contributed by atoms with Crippen LogP contribution in [-0.4, -0.2) is 25.6 Å².